The number of carbonyl (C=O) groups excluding carboxylic acids is 1. The molecule has 0 atom stereocenters. The standard InChI is InChI=1S/C22H17FN4OS/c1-15-2-3-16(21(28)26-18-6-4-17(23)5-7-18)14-20(15)27(22-25-12-13-29-22)19-8-10-24-11-9-19/h2-14H,1H3,(H,26,28). The Hall–Kier alpha value is -3.58. The minimum absolute atomic E-state index is 0.272. The average molecular weight is 404 g/mol. The van der Waals surface area contributed by atoms with E-state index in [0.29, 0.717) is 11.3 Å². The molecule has 2 aromatic heterocycles. The molecule has 2 aromatic carbocycles. The number of nitrogens with zero attached hydrogens (tertiary/aromatic N) is 3. The predicted octanol–water partition coefficient (Wildman–Crippen LogP) is 5.71. The summed E-state index contributed by atoms with van der Waals surface area (Å²) in [6, 6.07) is 15.0. The number of rotatable bonds is 5. The van der Waals surface area contributed by atoms with Crippen molar-refractivity contribution in [1.82, 2.24) is 9.97 Å². The number of nitrogens with one attached hydrogen (secondary N) is 1. The van der Waals surface area contributed by atoms with Gasteiger partial charge in [-0.1, -0.05) is 6.07 Å². The molecule has 4 aromatic rings. The number of benzene rings is 2. The van der Waals surface area contributed by atoms with Gasteiger partial charge in [0, 0.05) is 35.2 Å². The molecule has 0 radical (unpaired) electrons. The van der Waals surface area contributed by atoms with Crippen LogP contribution in [0.15, 0.2) is 78.6 Å². The van der Waals surface area contributed by atoms with Crippen LogP contribution < -0.4 is 10.2 Å². The van der Waals surface area contributed by atoms with Crippen LogP contribution in [-0.4, -0.2) is 15.9 Å². The quantitative estimate of drug-likeness (QED) is 0.463. The summed E-state index contributed by atoms with van der Waals surface area (Å²) >= 11 is 1.51. The van der Waals surface area contributed by atoms with Crippen LogP contribution in [0.2, 0.25) is 0 Å². The average Bonchev–Trinajstić information content (AvgIpc) is 3.26. The van der Waals surface area contributed by atoms with E-state index in [0.717, 1.165) is 22.1 Å². The topological polar surface area (TPSA) is 58.1 Å². The molecular weight excluding hydrogens is 387 g/mol. The Balaban J connectivity index is 1.71. The molecule has 0 bridgehead atoms. The van der Waals surface area contributed by atoms with Gasteiger partial charge in [-0.05, 0) is 61.0 Å². The van der Waals surface area contributed by atoms with Crippen LogP contribution in [0.4, 0.5) is 26.6 Å². The number of amides is 1. The molecule has 0 aliphatic carbocycles. The molecule has 1 N–H and O–H groups in total. The highest BCUT2D eigenvalue weighted by molar-refractivity contribution is 7.13. The first kappa shape index (κ1) is 18.8. The van der Waals surface area contributed by atoms with Gasteiger partial charge in [0.05, 0.1) is 11.4 Å². The molecule has 0 aliphatic heterocycles. The van der Waals surface area contributed by atoms with Crippen molar-refractivity contribution < 1.29 is 9.18 Å². The first-order chi connectivity index (χ1) is 14.1. The third-order valence-corrected chi connectivity index (χ3v) is 5.10. The lowest BCUT2D eigenvalue weighted by Crippen LogP contribution is -2.15. The van der Waals surface area contributed by atoms with E-state index in [4.69, 9.17) is 0 Å². The zero-order valence-corrected chi connectivity index (χ0v) is 16.4. The Morgan fingerprint density at radius 2 is 1.79 bits per heavy atom. The predicted molar refractivity (Wildman–Crippen MR) is 114 cm³/mol. The highest BCUT2D eigenvalue weighted by Crippen LogP contribution is 2.37. The fraction of sp³-hybridized carbons (Fsp3) is 0.0455. The molecule has 0 saturated heterocycles. The normalized spacial score (nSPS) is 10.6. The van der Waals surface area contributed by atoms with Gasteiger partial charge >= 0.3 is 0 Å². The summed E-state index contributed by atoms with van der Waals surface area (Å²) in [5.41, 5.74) is 3.76. The second-order valence-electron chi connectivity index (χ2n) is 6.32. The Kier molecular flexibility index (Phi) is 5.31. The smallest absolute Gasteiger partial charge is 0.255 e. The molecule has 0 aliphatic rings. The van der Waals surface area contributed by atoms with Crippen molar-refractivity contribution in [3.05, 3.63) is 95.5 Å². The summed E-state index contributed by atoms with van der Waals surface area (Å²) in [4.78, 5) is 23.3. The number of carbonyl (C=O) groups is 1. The third kappa shape index (κ3) is 4.14. The lowest BCUT2D eigenvalue weighted by atomic mass is 10.1. The van der Waals surface area contributed by atoms with Crippen LogP contribution in [-0.2, 0) is 0 Å². The van der Waals surface area contributed by atoms with E-state index in [2.05, 4.69) is 15.3 Å². The van der Waals surface area contributed by atoms with Crippen molar-refractivity contribution in [1.29, 1.82) is 0 Å². The lowest BCUT2D eigenvalue weighted by molar-refractivity contribution is 0.102. The number of halogens is 1. The van der Waals surface area contributed by atoms with E-state index in [-0.39, 0.29) is 11.7 Å². The maximum Gasteiger partial charge on any atom is 0.255 e. The molecule has 0 spiro atoms. The first-order valence-corrected chi connectivity index (χ1v) is 9.77. The van der Waals surface area contributed by atoms with Gasteiger partial charge < -0.3 is 5.32 Å². The fourth-order valence-electron chi connectivity index (χ4n) is 2.90. The summed E-state index contributed by atoms with van der Waals surface area (Å²) in [5, 5.41) is 5.49. The van der Waals surface area contributed by atoms with Crippen molar-refractivity contribution in [3.8, 4) is 0 Å². The zero-order valence-electron chi connectivity index (χ0n) is 15.5. The Morgan fingerprint density at radius 3 is 2.48 bits per heavy atom. The van der Waals surface area contributed by atoms with Gasteiger partial charge in [0.2, 0.25) is 0 Å². The van der Waals surface area contributed by atoms with E-state index in [1.165, 1.54) is 35.6 Å². The van der Waals surface area contributed by atoms with Gasteiger partial charge in [0.15, 0.2) is 5.13 Å². The maximum atomic E-state index is 13.1. The molecule has 1 amide bonds. The number of hydrogen-bond acceptors (Lipinski definition) is 5. The molecule has 0 fully saturated rings. The van der Waals surface area contributed by atoms with Crippen molar-refractivity contribution in [2.75, 3.05) is 10.2 Å². The summed E-state index contributed by atoms with van der Waals surface area (Å²) in [7, 11) is 0. The lowest BCUT2D eigenvalue weighted by Gasteiger charge is -2.24. The van der Waals surface area contributed by atoms with E-state index in [9.17, 15) is 9.18 Å². The maximum absolute atomic E-state index is 13.1. The van der Waals surface area contributed by atoms with Gasteiger partial charge in [-0.2, -0.15) is 0 Å². The molecular formula is C22H17FN4OS. The van der Waals surface area contributed by atoms with Gasteiger partial charge in [-0.3, -0.25) is 14.7 Å². The van der Waals surface area contributed by atoms with E-state index < -0.39 is 0 Å². The minimum Gasteiger partial charge on any atom is -0.322 e. The molecule has 4 rings (SSSR count). The second kappa shape index (κ2) is 8.20. The first-order valence-electron chi connectivity index (χ1n) is 8.89. The molecule has 0 saturated carbocycles. The summed E-state index contributed by atoms with van der Waals surface area (Å²) < 4.78 is 13.1. The van der Waals surface area contributed by atoms with Crippen molar-refractivity contribution in [2.45, 2.75) is 6.92 Å². The van der Waals surface area contributed by atoms with Gasteiger partial charge in [0.1, 0.15) is 5.82 Å². The van der Waals surface area contributed by atoms with Crippen molar-refractivity contribution in [3.63, 3.8) is 0 Å². The van der Waals surface area contributed by atoms with Crippen molar-refractivity contribution >= 4 is 39.4 Å². The molecule has 5 nitrogen and oxygen atoms in total. The van der Waals surface area contributed by atoms with E-state index >= 15 is 0 Å². The Labute approximate surface area is 171 Å². The fourth-order valence-corrected chi connectivity index (χ4v) is 3.57. The molecule has 7 heteroatoms. The Morgan fingerprint density at radius 1 is 1.03 bits per heavy atom. The minimum atomic E-state index is -0.350. The molecule has 29 heavy (non-hydrogen) atoms. The van der Waals surface area contributed by atoms with E-state index in [1.54, 1.807) is 24.7 Å². The van der Waals surface area contributed by atoms with Gasteiger partial charge in [-0.25, -0.2) is 9.37 Å². The Bertz CT molecular complexity index is 1120. The summed E-state index contributed by atoms with van der Waals surface area (Å²) in [6.45, 7) is 1.98. The zero-order chi connectivity index (χ0) is 20.2. The second-order valence-corrected chi connectivity index (χ2v) is 7.19. The number of thiazole rings is 1. The highest BCUT2D eigenvalue weighted by Gasteiger charge is 2.18. The number of anilines is 4. The van der Waals surface area contributed by atoms with Crippen LogP contribution in [0.25, 0.3) is 0 Å². The van der Waals surface area contributed by atoms with Crippen LogP contribution in [0.5, 0.6) is 0 Å². The number of hydrogen-bond donors (Lipinski definition) is 1. The highest BCUT2D eigenvalue weighted by atomic mass is 32.1. The third-order valence-electron chi connectivity index (χ3n) is 4.35. The molecule has 0 unspecified atom stereocenters. The van der Waals surface area contributed by atoms with Crippen LogP contribution in [0.3, 0.4) is 0 Å². The van der Waals surface area contributed by atoms with Crippen molar-refractivity contribution in [2.24, 2.45) is 0 Å². The molecule has 144 valence electrons. The number of aryl methyl sites for hydroxylation is 1. The van der Waals surface area contributed by atoms with Crippen LogP contribution in [0.1, 0.15) is 15.9 Å². The van der Waals surface area contributed by atoms with Gasteiger partial charge in [0.25, 0.3) is 5.91 Å². The molecule has 2 heterocycles. The van der Waals surface area contributed by atoms with Crippen LogP contribution >= 0.6 is 11.3 Å². The largest absolute Gasteiger partial charge is 0.322 e. The SMILES string of the molecule is Cc1ccc(C(=O)Nc2ccc(F)cc2)cc1N(c1ccncc1)c1nccs1. The summed E-state index contributed by atoms with van der Waals surface area (Å²) in [6.07, 6.45) is 5.18. The summed E-state index contributed by atoms with van der Waals surface area (Å²) in [5.74, 6) is -0.622. The van der Waals surface area contributed by atoms with Gasteiger partial charge in [-0.15, -0.1) is 11.3 Å². The van der Waals surface area contributed by atoms with E-state index in [1.807, 2.05) is 41.5 Å². The number of aromatic nitrogens is 2. The van der Waals surface area contributed by atoms with Crippen LogP contribution in [0, 0.1) is 12.7 Å². The monoisotopic (exact) mass is 404 g/mol. The number of pyridine rings is 1.